The number of rotatable bonds is 5. The van der Waals surface area contributed by atoms with Gasteiger partial charge in [-0.15, -0.1) is 0 Å². The topological polar surface area (TPSA) is 72.9 Å². The van der Waals surface area contributed by atoms with E-state index >= 15 is 0 Å². The highest BCUT2D eigenvalue weighted by Crippen LogP contribution is 2.32. The molecule has 0 bridgehead atoms. The van der Waals surface area contributed by atoms with Gasteiger partial charge >= 0.3 is 0 Å². The Kier molecular flexibility index (Phi) is 5.17. The molecule has 2 rings (SSSR count). The fourth-order valence-electron chi connectivity index (χ4n) is 2.87. The summed E-state index contributed by atoms with van der Waals surface area (Å²) in [5.74, 6) is 1.18. The quantitative estimate of drug-likeness (QED) is 0.869. The molecule has 0 aliphatic heterocycles. The summed E-state index contributed by atoms with van der Waals surface area (Å²) in [5, 5.41) is 7.44. The maximum atomic E-state index is 12.0. The monoisotopic (exact) mass is 278 g/mol. The van der Waals surface area contributed by atoms with Crippen LogP contribution >= 0.6 is 0 Å². The van der Waals surface area contributed by atoms with Crippen LogP contribution in [0.25, 0.3) is 0 Å². The van der Waals surface area contributed by atoms with E-state index < -0.39 is 6.04 Å². The number of hydrogen-bond donors (Lipinski definition) is 2. The molecule has 1 aliphatic carbocycles. The molecule has 1 amide bonds. The Labute approximate surface area is 120 Å². The van der Waals surface area contributed by atoms with Crippen molar-refractivity contribution >= 4 is 11.7 Å². The number of carbonyl (C=O) groups is 1. The molecule has 5 nitrogen and oxygen atoms in total. The Morgan fingerprint density at radius 3 is 2.85 bits per heavy atom. The van der Waals surface area contributed by atoms with Crippen molar-refractivity contribution in [3.8, 4) is 0 Å². The largest absolute Gasteiger partial charge is 0.320 e. The number of amides is 1. The van der Waals surface area contributed by atoms with Gasteiger partial charge in [-0.25, -0.2) is 0 Å². The van der Waals surface area contributed by atoms with Gasteiger partial charge in [-0.2, -0.15) is 5.10 Å². The van der Waals surface area contributed by atoms with Crippen LogP contribution in [0.3, 0.4) is 0 Å². The number of aromatic nitrogens is 2. The van der Waals surface area contributed by atoms with E-state index in [1.165, 1.54) is 32.1 Å². The second-order valence-corrected chi connectivity index (χ2v) is 5.80. The Morgan fingerprint density at radius 1 is 1.50 bits per heavy atom. The van der Waals surface area contributed by atoms with Crippen LogP contribution in [0.15, 0.2) is 6.07 Å². The second-order valence-electron chi connectivity index (χ2n) is 5.80. The van der Waals surface area contributed by atoms with Gasteiger partial charge < -0.3 is 11.1 Å². The van der Waals surface area contributed by atoms with E-state index in [1.807, 2.05) is 20.0 Å². The van der Waals surface area contributed by atoms with Gasteiger partial charge in [0.05, 0.1) is 11.7 Å². The molecular weight excluding hydrogens is 252 g/mol. The molecule has 1 unspecified atom stereocenters. The number of nitrogens with two attached hydrogens (primary N) is 1. The number of aryl methyl sites for hydroxylation is 1. The summed E-state index contributed by atoms with van der Waals surface area (Å²) < 4.78 is 1.75. The molecule has 0 aromatic carbocycles. The Hall–Kier alpha value is -1.36. The molecule has 1 aromatic rings. The zero-order valence-electron chi connectivity index (χ0n) is 12.6. The molecule has 20 heavy (non-hydrogen) atoms. The highest BCUT2D eigenvalue weighted by molar-refractivity contribution is 5.93. The lowest BCUT2D eigenvalue weighted by molar-refractivity contribution is -0.117. The van der Waals surface area contributed by atoms with Crippen molar-refractivity contribution in [2.45, 2.75) is 63.8 Å². The molecule has 3 N–H and O–H groups in total. The van der Waals surface area contributed by atoms with E-state index in [0.717, 1.165) is 17.9 Å². The number of hydrogen-bond acceptors (Lipinski definition) is 3. The first-order valence-corrected chi connectivity index (χ1v) is 7.72. The van der Waals surface area contributed by atoms with Crippen molar-refractivity contribution < 1.29 is 4.79 Å². The van der Waals surface area contributed by atoms with Gasteiger partial charge in [-0.3, -0.25) is 9.48 Å². The summed E-state index contributed by atoms with van der Waals surface area (Å²) in [6.07, 6.45) is 7.93. The standard InChI is InChI=1S/C15H26N4O/c1-3-7-12(16)15(20)17-14-10-13(18-19(14)2)11-8-5-4-6-9-11/h10-12H,3-9,16H2,1-2H3,(H,17,20). The van der Waals surface area contributed by atoms with Gasteiger partial charge in [0.25, 0.3) is 0 Å². The molecule has 1 heterocycles. The van der Waals surface area contributed by atoms with Gasteiger partial charge in [0.15, 0.2) is 0 Å². The fourth-order valence-corrected chi connectivity index (χ4v) is 2.87. The fraction of sp³-hybridized carbons (Fsp3) is 0.733. The van der Waals surface area contributed by atoms with Gasteiger partial charge in [0, 0.05) is 19.0 Å². The zero-order valence-corrected chi connectivity index (χ0v) is 12.6. The number of anilines is 1. The molecule has 1 saturated carbocycles. The van der Waals surface area contributed by atoms with Crippen LogP contribution in [0.5, 0.6) is 0 Å². The first-order chi connectivity index (χ1) is 9.61. The van der Waals surface area contributed by atoms with Gasteiger partial charge in [-0.1, -0.05) is 32.6 Å². The molecule has 112 valence electrons. The van der Waals surface area contributed by atoms with Crippen molar-refractivity contribution in [2.75, 3.05) is 5.32 Å². The maximum absolute atomic E-state index is 12.0. The van der Waals surface area contributed by atoms with Crippen LogP contribution in [0, 0.1) is 0 Å². The third-order valence-electron chi connectivity index (χ3n) is 4.11. The number of nitrogens with one attached hydrogen (secondary N) is 1. The third kappa shape index (κ3) is 3.60. The zero-order chi connectivity index (χ0) is 14.5. The lowest BCUT2D eigenvalue weighted by Crippen LogP contribution is -2.35. The summed E-state index contributed by atoms with van der Waals surface area (Å²) in [6, 6.07) is 1.57. The van der Waals surface area contributed by atoms with Crippen LogP contribution in [-0.2, 0) is 11.8 Å². The average molecular weight is 278 g/mol. The van der Waals surface area contributed by atoms with Crippen LogP contribution in [0.1, 0.15) is 63.5 Å². The third-order valence-corrected chi connectivity index (χ3v) is 4.11. The number of nitrogens with zero attached hydrogens (tertiary/aromatic N) is 2. The summed E-state index contributed by atoms with van der Waals surface area (Å²) in [6.45, 7) is 2.03. The van der Waals surface area contributed by atoms with E-state index in [9.17, 15) is 4.79 Å². The molecular formula is C15H26N4O. The van der Waals surface area contributed by atoms with Crippen molar-refractivity contribution in [1.82, 2.24) is 9.78 Å². The van der Waals surface area contributed by atoms with Gasteiger partial charge in [0.2, 0.25) is 5.91 Å². The smallest absolute Gasteiger partial charge is 0.242 e. The summed E-state index contributed by atoms with van der Waals surface area (Å²) >= 11 is 0. The molecule has 1 atom stereocenters. The highest BCUT2D eigenvalue weighted by Gasteiger charge is 2.20. The molecule has 0 radical (unpaired) electrons. The normalized spacial score (nSPS) is 17.9. The minimum absolute atomic E-state index is 0.120. The molecule has 1 fully saturated rings. The molecule has 1 aromatic heterocycles. The first-order valence-electron chi connectivity index (χ1n) is 7.72. The minimum atomic E-state index is -0.437. The lowest BCUT2D eigenvalue weighted by Gasteiger charge is -2.19. The highest BCUT2D eigenvalue weighted by atomic mass is 16.2. The van der Waals surface area contributed by atoms with Crippen LogP contribution in [0.4, 0.5) is 5.82 Å². The van der Waals surface area contributed by atoms with Gasteiger partial charge in [0.1, 0.15) is 5.82 Å². The van der Waals surface area contributed by atoms with E-state index in [-0.39, 0.29) is 5.91 Å². The minimum Gasteiger partial charge on any atom is -0.320 e. The van der Waals surface area contributed by atoms with Crippen molar-refractivity contribution in [1.29, 1.82) is 0 Å². The number of carbonyl (C=O) groups excluding carboxylic acids is 1. The van der Waals surface area contributed by atoms with Crippen LogP contribution < -0.4 is 11.1 Å². The predicted molar refractivity (Wildman–Crippen MR) is 80.5 cm³/mol. The van der Waals surface area contributed by atoms with Gasteiger partial charge in [-0.05, 0) is 19.3 Å². The lowest BCUT2D eigenvalue weighted by atomic mass is 9.87. The van der Waals surface area contributed by atoms with Crippen LogP contribution in [-0.4, -0.2) is 21.7 Å². The second kappa shape index (κ2) is 6.88. The predicted octanol–water partition coefficient (Wildman–Crippen LogP) is 2.53. The summed E-state index contributed by atoms with van der Waals surface area (Å²) in [7, 11) is 1.87. The molecule has 0 saturated heterocycles. The Morgan fingerprint density at radius 2 is 2.20 bits per heavy atom. The van der Waals surface area contributed by atoms with E-state index in [2.05, 4.69) is 10.4 Å². The maximum Gasteiger partial charge on any atom is 0.242 e. The Bertz CT molecular complexity index is 449. The van der Waals surface area contributed by atoms with E-state index in [1.54, 1.807) is 4.68 Å². The van der Waals surface area contributed by atoms with Crippen molar-refractivity contribution in [2.24, 2.45) is 12.8 Å². The van der Waals surface area contributed by atoms with E-state index in [0.29, 0.717) is 12.3 Å². The first kappa shape index (κ1) is 15.0. The summed E-state index contributed by atoms with van der Waals surface area (Å²) in [4.78, 5) is 12.0. The van der Waals surface area contributed by atoms with Crippen molar-refractivity contribution in [3.63, 3.8) is 0 Å². The molecule has 5 heteroatoms. The molecule has 0 spiro atoms. The van der Waals surface area contributed by atoms with E-state index in [4.69, 9.17) is 5.73 Å². The van der Waals surface area contributed by atoms with Crippen LogP contribution in [0.2, 0.25) is 0 Å². The summed E-state index contributed by atoms with van der Waals surface area (Å²) in [5.41, 5.74) is 6.94. The van der Waals surface area contributed by atoms with Crippen molar-refractivity contribution in [3.05, 3.63) is 11.8 Å². The molecule has 1 aliphatic rings. The Balaban J connectivity index is 2.01. The average Bonchev–Trinajstić information content (AvgIpc) is 2.81. The SMILES string of the molecule is CCCC(N)C(=O)Nc1cc(C2CCCCC2)nn1C.